The molecule has 0 fully saturated rings. The lowest BCUT2D eigenvalue weighted by Crippen LogP contribution is -2.35. The highest BCUT2D eigenvalue weighted by Gasteiger charge is 2.12. The first kappa shape index (κ1) is 17.3. The van der Waals surface area contributed by atoms with Gasteiger partial charge in [-0.3, -0.25) is 10.1 Å². The number of nitrogens with two attached hydrogens (primary N) is 1. The molecular formula is C16H13FN4O2S2. The molecule has 3 rings (SSSR count). The van der Waals surface area contributed by atoms with Gasteiger partial charge in [0.05, 0.1) is 10.2 Å². The van der Waals surface area contributed by atoms with Crippen LogP contribution in [0.4, 0.5) is 9.18 Å². The van der Waals surface area contributed by atoms with Gasteiger partial charge in [0, 0.05) is 17.1 Å². The topological polar surface area (TPSA) is 98.0 Å². The number of hydrogen-bond donors (Lipinski definition) is 2. The number of fused-ring (bicyclic) bond motifs is 1. The third kappa shape index (κ3) is 4.31. The van der Waals surface area contributed by atoms with Crippen molar-refractivity contribution in [2.24, 2.45) is 5.73 Å². The lowest BCUT2D eigenvalue weighted by atomic mass is 10.2. The van der Waals surface area contributed by atoms with Crippen molar-refractivity contribution in [2.45, 2.75) is 11.4 Å². The summed E-state index contributed by atoms with van der Waals surface area (Å²) in [5.74, 6) is -0.256. The maximum atomic E-state index is 13.1. The van der Waals surface area contributed by atoms with Crippen molar-refractivity contribution in [2.75, 3.05) is 5.75 Å². The van der Waals surface area contributed by atoms with Gasteiger partial charge in [0.1, 0.15) is 17.2 Å². The molecule has 9 heteroatoms. The highest BCUT2D eigenvalue weighted by Crippen LogP contribution is 2.36. The van der Waals surface area contributed by atoms with Crippen molar-refractivity contribution < 1.29 is 14.0 Å². The predicted octanol–water partition coefficient (Wildman–Crippen LogP) is 3.17. The molecule has 0 radical (unpaired) electrons. The van der Waals surface area contributed by atoms with Crippen molar-refractivity contribution in [3.63, 3.8) is 0 Å². The third-order valence-electron chi connectivity index (χ3n) is 3.24. The fourth-order valence-corrected chi connectivity index (χ4v) is 4.27. The molecule has 0 bridgehead atoms. The van der Waals surface area contributed by atoms with Crippen molar-refractivity contribution >= 4 is 45.3 Å². The summed E-state index contributed by atoms with van der Waals surface area (Å²) in [5.41, 5.74) is 6.60. The molecule has 3 amide bonds. The Bertz CT molecular complexity index is 928. The van der Waals surface area contributed by atoms with E-state index in [1.807, 2.05) is 11.4 Å². The average molecular weight is 376 g/mol. The normalized spacial score (nSPS) is 10.8. The van der Waals surface area contributed by atoms with Crippen molar-refractivity contribution in [1.82, 2.24) is 15.3 Å². The van der Waals surface area contributed by atoms with Crippen LogP contribution in [0.25, 0.3) is 20.7 Å². The number of urea groups is 1. The highest BCUT2D eigenvalue weighted by atomic mass is 32.2. The number of primary amides is 1. The summed E-state index contributed by atoms with van der Waals surface area (Å²) in [6.45, 7) is 0. The second-order valence-corrected chi connectivity index (χ2v) is 7.16. The predicted molar refractivity (Wildman–Crippen MR) is 95.9 cm³/mol. The van der Waals surface area contributed by atoms with E-state index in [4.69, 9.17) is 5.73 Å². The Morgan fingerprint density at radius 3 is 2.72 bits per heavy atom. The Labute approximate surface area is 150 Å². The standard InChI is InChI=1S/C16H13FN4O2S2/c17-10-3-1-9(2-4-10)12-7-11-14(25-12)15(20-8-19-11)24-6-5-13(22)21-16(18)23/h1-4,7-8H,5-6H2,(H3,18,21,22,23). The molecule has 2 aromatic heterocycles. The SMILES string of the molecule is NC(=O)NC(=O)CCSc1ncnc2cc(-c3ccc(F)cc3)sc12. The minimum Gasteiger partial charge on any atom is -0.351 e. The molecule has 0 aliphatic carbocycles. The average Bonchev–Trinajstić information content (AvgIpc) is 3.00. The minimum absolute atomic E-state index is 0.148. The van der Waals surface area contributed by atoms with E-state index in [1.165, 1.54) is 41.6 Å². The molecule has 2 heterocycles. The number of nitrogens with one attached hydrogen (secondary N) is 1. The van der Waals surface area contributed by atoms with Crippen LogP contribution in [0, 0.1) is 5.82 Å². The number of thioether (sulfide) groups is 1. The molecular weight excluding hydrogens is 363 g/mol. The summed E-state index contributed by atoms with van der Waals surface area (Å²) in [6.07, 6.45) is 1.62. The quantitative estimate of drug-likeness (QED) is 0.526. The van der Waals surface area contributed by atoms with Crippen molar-refractivity contribution in [1.29, 1.82) is 0 Å². The van der Waals surface area contributed by atoms with Gasteiger partial charge in [0.2, 0.25) is 5.91 Å². The Morgan fingerprint density at radius 2 is 2.00 bits per heavy atom. The summed E-state index contributed by atoms with van der Waals surface area (Å²) in [7, 11) is 0. The van der Waals surface area contributed by atoms with Gasteiger partial charge in [-0.15, -0.1) is 23.1 Å². The van der Waals surface area contributed by atoms with Crippen molar-refractivity contribution in [3.8, 4) is 10.4 Å². The number of amides is 3. The summed E-state index contributed by atoms with van der Waals surface area (Å²) in [4.78, 5) is 31.5. The lowest BCUT2D eigenvalue weighted by molar-refractivity contribution is -0.119. The summed E-state index contributed by atoms with van der Waals surface area (Å²) in [6, 6.07) is 7.33. The Morgan fingerprint density at radius 1 is 1.24 bits per heavy atom. The number of nitrogens with zero attached hydrogens (tertiary/aromatic N) is 2. The minimum atomic E-state index is -0.860. The van der Waals surface area contributed by atoms with E-state index in [0.29, 0.717) is 5.75 Å². The number of hydrogen-bond acceptors (Lipinski definition) is 6. The fraction of sp³-hybridized carbons (Fsp3) is 0.125. The summed E-state index contributed by atoms with van der Waals surface area (Å²) < 4.78 is 14.0. The van der Waals surface area contributed by atoms with Gasteiger partial charge >= 0.3 is 6.03 Å². The molecule has 6 nitrogen and oxygen atoms in total. The zero-order valence-electron chi connectivity index (χ0n) is 12.9. The van der Waals surface area contributed by atoms with E-state index >= 15 is 0 Å². The van der Waals surface area contributed by atoms with E-state index in [1.54, 1.807) is 12.1 Å². The molecule has 3 N–H and O–H groups in total. The van der Waals surface area contributed by atoms with Gasteiger partial charge in [0.15, 0.2) is 0 Å². The monoisotopic (exact) mass is 376 g/mol. The molecule has 0 saturated heterocycles. The third-order valence-corrected chi connectivity index (χ3v) is 5.54. The second kappa shape index (κ2) is 7.58. The number of carbonyl (C=O) groups excluding carboxylic acids is 2. The summed E-state index contributed by atoms with van der Waals surface area (Å²) >= 11 is 2.91. The molecule has 0 unspecified atom stereocenters. The van der Waals surface area contributed by atoms with Gasteiger partial charge in [-0.2, -0.15) is 0 Å². The van der Waals surface area contributed by atoms with Crippen LogP contribution >= 0.6 is 23.1 Å². The number of carbonyl (C=O) groups is 2. The molecule has 3 aromatic rings. The van der Waals surface area contributed by atoms with Gasteiger partial charge in [-0.25, -0.2) is 19.2 Å². The molecule has 0 aliphatic heterocycles. The first-order valence-corrected chi connectivity index (χ1v) is 9.05. The number of benzene rings is 1. The second-order valence-electron chi connectivity index (χ2n) is 5.02. The van der Waals surface area contributed by atoms with Crippen LogP contribution in [-0.2, 0) is 4.79 Å². The number of halogens is 1. The molecule has 0 aliphatic rings. The van der Waals surface area contributed by atoms with Crippen LogP contribution in [0.3, 0.4) is 0 Å². The van der Waals surface area contributed by atoms with Crippen molar-refractivity contribution in [3.05, 3.63) is 42.5 Å². The fourth-order valence-electron chi connectivity index (χ4n) is 2.13. The first-order chi connectivity index (χ1) is 12.0. The molecule has 128 valence electrons. The Kier molecular flexibility index (Phi) is 5.25. The molecule has 0 atom stereocenters. The molecule has 25 heavy (non-hydrogen) atoms. The van der Waals surface area contributed by atoms with E-state index in [2.05, 4.69) is 9.97 Å². The van der Waals surface area contributed by atoms with E-state index < -0.39 is 11.9 Å². The molecule has 0 saturated carbocycles. The molecule has 1 aromatic carbocycles. The zero-order valence-corrected chi connectivity index (χ0v) is 14.5. The smallest absolute Gasteiger partial charge is 0.318 e. The van der Waals surface area contributed by atoms with E-state index in [-0.39, 0.29) is 12.2 Å². The van der Waals surface area contributed by atoms with Crippen LogP contribution < -0.4 is 11.1 Å². The number of aromatic nitrogens is 2. The number of thiophene rings is 1. The highest BCUT2D eigenvalue weighted by molar-refractivity contribution is 7.99. The van der Waals surface area contributed by atoms with E-state index in [9.17, 15) is 14.0 Å². The largest absolute Gasteiger partial charge is 0.351 e. The van der Waals surface area contributed by atoms with Crippen LogP contribution in [0.5, 0.6) is 0 Å². The van der Waals surface area contributed by atoms with Crippen LogP contribution in [0.1, 0.15) is 6.42 Å². The van der Waals surface area contributed by atoms with Crippen LogP contribution in [0.2, 0.25) is 0 Å². The maximum absolute atomic E-state index is 13.1. The number of imide groups is 1. The van der Waals surface area contributed by atoms with Crippen LogP contribution in [0.15, 0.2) is 41.7 Å². The Balaban J connectivity index is 1.76. The van der Waals surface area contributed by atoms with Gasteiger partial charge in [-0.1, -0.05) is 12.1 Å². The zero-order chi connectivity index (χ0) is 17.8. The van der Waals surface area contributed by atoms with E-state index in [0.717, 1.165) is 25.7 Å². The van der Waals surface area contributed by atoms with Gasteiger partial charge in [0.25, 0.3) is 0 Å². The van der Waals surface area contributed by atoms with Crippen LogP contribution in [-0.4, -0.2) is 27.7 Å². The Hall–Kier alpha value is -2.52. The maximum Gasteiger partial charge on any atom is 0.318 e. The lowest BCUT2D eigenvalue weighted by Gasteiger charge is -2.02. The summed E-state index contributed by atoms with van der Waals surface area (Å²) in [5, 5.41) is 2.78. The first-order valence-electron chi connectivity index (χ1n) is 7.25. The molecule has 0 spiro atoms. The number of rotatable bonds is 5. The van der Waals surface area contributed by atoms with Gasteiger partial charge in [-0.05, 0) is 23.8 Å². The van der Waals surface area contributed by atoms with Gasteiger partial charge < -0.3 is 5.73 Å².